The third kappa shape index (κ3) is 13.3. The second-order valence-electron chi connectivity index (χ2n) is 6.98. The Morgan fingerprint density at radius 3 is 1.84 bits per heavy atom. The summed E-state index contributed by atoms with van der Waals surface area (Å²) in [5, 5.41) is 0. The van der Waals surface area contributed by atoms with Gasteiger partial charge in [-0.2, -0.15) is 0 Å². The van der Waals surface area contributed by atoms with Gasteiger partial charge < -0.3 is 18.5 Å². The summed E-state index contributed by atoms with van der Waals surface area (Å²) in [7, 11) is 0. The lowest BCUT2D eigenvalue weighted by molar-refractivity contribution is 0.245. The van der Waals surface area contributed by atoms with Crippen molar-refractivity contribution in [3.8, 4) is 0 Å². The monoisotopic (exact) mass is 373 g/mol. The molecular weight excluding hydrogens is 336 g/mol. The van der Waals surface area contributed by atoms with Crippen molar-refractivity contribution >= 4 is 11.4 Å². The van der Waals surface area contributed by atoms with Crippen LogP contribution in [0.25, 0.3) is 0 Å². The van der Waals surface area contributed by atoms with E-state index in [0.29, 0.717) is 0 Å². The fourth-order valence-corrected chi connectivity index (χ4v) is 3.41. The zero-order valence-corrected chi connectivity index (χ0v) is 16.8. The van der Waals surface area contributed by atoms with Gasteiger partial charge in [0.15, 0.2) is 0 Å². The quantitative estimate of drug-likeness (QED) is 0.277. The minimum atomic E-state index is -2.37. The molecular formula is C19H37N2O3S-. The smallest absolute Gasteiger partial charge is 0.0893 e. The summed E-state index contributed by atoms with van der Waals surface area (Å²) < 4.78 is 25.0. The third-order valence-electron chi connectivity index (χ3n) is 4.67. The maximum Gasteiger partial charge on any atom is 0.0893 e. The molecule has 1 unspecified atom stereocenters. The topological polar surface area (TPSA) is 55.8 Å². The fourth-order valence-electron chi connectivity index (χ4n) is 3.15. The molecule has 0 amide bonds. The number of nitrogens with zero attached hydrogens (tertiary/aromatic N) is 2. The molecule has 148 valence electrons. The molecule has 1 aliphatic rings. The normalized spacial score (nSPS) is 15.3. The Labute approximate surface area is 157 Å². The summed E-state index contributed by atoms with van der Waals surface area (Å²) in [5.74, 6) is 0. The third-order valence-corrected chi connectivity index (χ3v) is 5.03. The molecule has 1 heterocycles. The molecule has 1 atom stereocenters. The van der Waals surface area contributed by atoms with Crippen molar-refractivity contribution in [2.24, 2.45) is 0 Å². The second-order valence-corrected chi connectivity index (χ2v) is 7.62. The SMILES string of the molecule is CCCCCCCCCCCCN1C=CN(CCCCOS(=O)[O-])C1. The molecule has 1 rings (SSSR count). The van der Waals surface area contributed by atoms with Crippen LogP contribution in [0, 0.1) is 0 Å². The molecule has 5 nitrogen and oxygen atoms in total. The minimum absolute atomic E-state index is 0.288. The van der Waals surface area contributed by atoms with Gasteiger partial charge in [0.05, 0.1) is 24.6 Å². The van der Waals surface area contributed by atoms with Crippen molar-refractivity contribution in [1.82, 2.24) is 9.80 Å². The fraction of sp³-hybridized carbons (Fsp3) is 0.895. The van der Waals surface area contributed by atoms with Crippen LogP contribution in [0.4, 0.5) is 0 Å². The lowest BCUT2D eigenvalue weighted by Crippen LogP contribution is -2.26. The van der Waals surface area contributed by atoms with Crippen LogP contribution in [0.5, 0.6) is 0 Å². The number of hydrogen-bond acceptors (Lipinski definition) is 5. The van der Waals surface area contributed by atoms with Crippen molar-refractivity contribution in [3.05, 3.63) is 12.4 Å². The van der Waals surface area contributed by atoms with Gasteiger partial charge in [0.25, 0.3) is 0 Å². The van der Waals surface area contributed by atoms with Gasteiger partial charge in [0, 0.05) is 25.5 Å². The second kappa shape index (κ2) is 15.6. The highest BCUT2D eigenvalue weighted by atomic mass is 32.2. The van der Waals surface area contributed by atoms with Crippen molar-refractivity contribution < 1.29 is 12.9 Å². The van der Waals surface area contributed by atoms with Gasteiger partial charge in [-0.1, -0.05) is 64.7 Å². The molecule has 0 aromatic rings. The van der Waals surface area contributed by atoms with Crippen LogP contribution in [-0.2, 0) is 15.5 Å². The van der Waals surface area contributed by atoms with Gasteiger partial charge in [-0.25, -0.2) is 4.21 Å². The summed E-state index contributed by atoms with van der Waals surface area (Å²) in [4.78, 5) is 4.65. The molecule has 0 fully saturated rings. The largest absolute Gasteiger partial charge is 0.750 e. The zero-order valence-electron chi connectivity index (χ0n) is 16.0. The Morgan fingerprint density at radius 1 is 0.840 bits per heavy atom. The van der Waals surface area contributed by atoms with E-state index in [1.807, 2.05) is 0 Å². The lowest BCUT2D eigenvalue weighted by Gasteiger charge is -2.21. The average molecular weight is 374 g/mol. The highest BCUT2D eigenvalue weighted by molar-refractivity contribution is 7.74. The first-order valence-corrected chi connectivity index (χ1v) is 11.1. The maximum absolute atomic E-state index is 10.2. The highest BCUT2D eigenvalue weighted by Crippen LogP contribution is 2.13. The summed E-state index contributed by atoms with van der Waals surface area (Å²) in [6.07, 6.45) is 19.8. The molecule has 25 heavy (non-hydrogen) atoms. The number of rotatable bonds is 17. The van der Waals surface area contributed by atoms with Gasteiger partial charge in [-0.05, 0) is 19.3 Å². The van der Waals surface area contributed by atoms with Crippen LogP contribution >= 0.6 is 0 Å². The van der Waals surface area contributed by atoms with Crippen molar-refractivity contribution in [1.29, 1.82) is 0 Å². The molecule has 0 saturated carbocycles. The van der Waals surface area contributed by atoms with Crippen LogP contribution in [0.15, 0.2) is 12.4 Å². The van der Waals surface area contributed by atoms with Crippen LogP contribution in [0.3, 0.4) is 0 Å². The molecule has 0 saturated heterocycles. The Kier molecular flexibility index (Phi) is 14.1. The first-order valence-electron chi connectivity index (χ1n) is 10.1. The van der Waals surface area contributed by atoms with Crippen LogP contribution in [0.1, 0.15) is 84.0 Å². The van der Waals surface area contributed by atoms with Crippen molar-refractivity contribution in [3.63, 3.8) is 0 Å². The predicted octanol–water partition coefficient (Wildman–Crippen LogP) is 4.54. The molecule has 0 bridgehead atoms. The first kappa shape index (κ1) is 22.5. The molecule has 6 heteroatoms. The van der Waals surface area contributed by atoms with Crippen molar-refractivity contribution in [2.45, 2.75) is 84.0 Å². The van der Waals surface area contributed by atoms with E-state index in [2.05, 4.69) is 33.3 Å². The lowest BCUT2D eigenvalue weighted by atomic mass is 10.1. The van der Waals surface area contributed by atoms with Crippen LogP contribution < -0.4 is 0 Å². The number of unbranched alkanes of at least 4 members (excludes halogenated alkanes) is 10. The van der Waals surface area contributed by atoms with E-state index in [0.717, 1.165) is 32.6 Å². The predicted molar refractivity (Wildman–Crippen MR) is 103 cm³/mol. The molecule has 1 aliphatic heterocycles. The van der Waals surface area contributed by atoms with Gasteiger partial charge in [0.2, 0.25) is 0 Å². The molecule has 0 N–H and O–H groups in total. The molecule has 0 aromatic carbocycles. The Balaban J connectivity index is 1.85. The number of hydrogen-bond donors (Lipinski definition) is 0. The Morgan fingerprint density at radius 2 is 1.32 bits per heavy atom. The van der Waals surface area contributed by atoms with E-state index >= 15 is 0 Å². The highest BCUT2D eigenvalue weighted by Gasteiger charge is 2.10. The van der Waals surface area contributed by atoms with Crippen LogP contribution in [-0.4, -0.2) is 44.9 Å². The summed E-state index contributed by atoms with van der Waals surface area (Å²) >= 11 is -2.37. The van der Waals surface area contributed by atoms with E-state index in [4.69, 9.17) is 0 Å². The minimum Gasteiger partial charge on any atom is -0.750 e. The van der Waals surface area contributed by atoms with Crippen molar-refractivity contribution in [2.75, 3.05) is 26.4 Å². The molecule has 0 spiro atoms. The van der Waals surface area contributed by atoms with Gasteiger partial charge >= 0.3 is 0 Å². The van der Waals surface area contributed by atoms with E-state index in [-0.39, 0.29) is 6.61 Å². The van der Waals surface area contributed by atoms with Gasteiger partial charge in [-0.15, -0.1) is 0 Å². The molecule has 0 aliphatic carbocycles. The average Bonchev–Trinajstić information content (AvgIpc) is 3.04. The molecule has 0 aromatic heterocycles. The van der Waals surface area contributed by atoms with Gasteiger partial charge in [-0.3, -0.25) is 0 Å². The van der Waals surface area contributed by atoms with Crippen LogP contribution in [0.2, 0.25) is 0 Å². The summed E-state index contributed by atoms with van der Waals surface area (Å²) in [6, 6.07) is 0. The van der Waals surface area contributed by atoms with E-state index in [9.17, 15) is 8.76 Å². The zero-order chi connectivity index (χ0) is 18.2. The van der Waals surface area contributed by atoms with E-state index in [1.165, 1.54) is 64.2 Å². The van der Waals surface area contributed by atoms with Gasteiger partial charge in [0.1, 0.15) is 0 Å². The van der Waals surface area contributed by atoms with E-state index < -0.39 is 11.4 Å². The summed E-state index contributed by atoms with van der Waals surface area (Å²) in [5.41, 5.74) is 0. The maximum atomic E-state index is 10.2. The summed E-state index contributed by atoms with van der Waals surface area (Å²) in [6.45, 7) is 5.62. The van der Waals surface area contributed by atoms with E-state index in [1.54, 1.807) is 0 Å². The Bertz CT molecular complexity index is 367. The first-order chi connectivity index (χ1) is 12.2. The Hall–Kier alpha value is -0.590. The standard InChI is InChI=1S/C19H38N2O3S/c1-2-3-4-5-6-7-8-9-10-11-14-20-16-17-21(19-20)15-12-13-18-24-25(22)23/h16-17H,2-15,18-19H2,1H3,(H,22,23)/p-1. The molecule has 0 radical (unpaired) electrons.